The summed E-state index contributed by atoms with van der Waals surface area (Å²) in [5.41, 5.74) is 1.32. The monoisotopic (exact) mass is 290 g/mol. The van der Waals surface area contributed by atoms with Gasteiger partial charge in [-0.3, -0.25) is 0 Å². The molecule has 0 amide bonds. The molecule has 2 aromatic rings. The minimum Gasteiger partial charge on any atom is -0.385 e. The first-order chi connectivity index (χ1) is 9.08. The standard InChI is InChI=1S/C16H15ClOS/c1-16(18)10-15(11-6-2-4-8-13(11)17)19-14-9-5-3-7-12(14)16/h2-9,15,18H,10H2,1H3/t15-,16-/m1/s1. The van der Waals surface area contributed by atoms with Gasteiger partial charge in [0.05, 0.1) is 5.60 Å². The molecule has 0 unspecified atom stereocenters. The van der Waals surface area contributed by atoms with Crippen LogP contribution in [0.15, 0.2) is 53.4 Å². The minimum absolute atomic E-state index is 0.193. The molecule has 0 radical (unpaired) electrons. The van der Waals surface area contributed by atoms with E-state index in [1.54, 1.807) is 11.8 Å². The van der Waals surface area contributed by atoms with Crippen LogP contribution in [0.5, 0.6) is 0 Å². The number of fused-ring (bicyclic) bond motifs is 1. The first kappa shape index (κ1) is 13.0. The summed E-state index contributed by atoms with van der Waals surface area (Å²) in [5, 5.41) is 11.7. The normalized spacial score (nSPS) is 25.9. The highest BCUT2D eigenvalue weighted by Crippen LogP contribution is 2.52. The summed E-state index contributed by atoms with van der Waals surface area (Å²) in [6.07, 6.45) is 0.679. The van der Waals surface area contributed by atoms with Gasteiger partial charge in [0, 0.05) is 15.2 Å². The number of halogens is 1. The molecule has 1 heterocycles. The number of benzene rings is 2. The van der Waals surface area contributed by atoms with Gasteiger partial charge in [-0.15, -0.1) is 11.8 Å². The Labute approximate surface area is 122 Å². The van der Waals surface area contributed by atoms with E-state index in [0.29, 0.717) is 6.42 Å². The first-order valence-electron chi connectivity index (χ1n) is 6.31. The van der Waals surface area contributed by atoms with E-state index in [1.807, 2.05) is 49.4 Å². The van der Waals surface area contributed by atoms with Crippen LogP contribution in [0.25, 0.3) is 0 Å². The van der Waals surface area contributed by atoms with Gasteiger partial charge in [0.15, 0.2) is 0 Å². The smallest absolute Gasteiger partial charge is 0.0893 e. The van der Waals surface area contributed by atoms with Crippen LogP contribution in [-0.4, -0.2) is 5.11 Å². The summed E-state index contributed by atoms with van der Waals surface area (Å²) in [6, 6.07) is 15.9. The first-order valence-corrected chi connectivity index (χ1v) is 7.57. The van der Waals surface area contributed by atoms with E-state index in [4.69, 9.17) is 11.6 Å². The molecule has 1 nitrogen and oxygen atoms in total. The van der Waals surface area contributed by atoms with E-state index in [9.17, 15) is 5.11 Å². The van der Waals surface area contributed by atoms with Gasteiger partial charge >= 0.3 is 0 Å². The highest BCUT2D eigenvalue weighted by atomic mass is 35.5. The van der Waals surface area contributed by atoms with Crippen molar-refractivity contribution >= 4 is 23.4 Å². The van der Waals surface area contributed by atoms with Crippen molar-refractivity contribution in [3.8, 4) is 0 Å². The molecule has 19 heavy (non-hydrogen) atoms. The maximum Gasteiger partial charge on any atom is 0.0893 e. The number of hydrogen-bond donors (Lipinski definition) is 1. The Morgan fingerprint density at radius 3 is 2.63 bits per heavy atom. The van der Waals surface area contributed by atoms with Gasteiger partial charge in [-0.2, -0.15) is 0 Å². The Kier molecular flexibility index (Phi) is 3.34. The van der Waals surface area contributed by atoms with Crippen molar-refractivity contribution < 1.29 is 5.11 Å². The lowest BCUT2D eigenvalue weighted by Gasteiger charge is -2.36. The molecule has 98 valence electrons. The summed E-state index contributed by atoms with van der Waals surface area (Å²) < 4.78 is 0. The second kappa shape index (κ2) is 4.86. The van der Waals surface area contributed by atoms with E-state index < -0.39 is 5.60 Å². The minimum atomic E-state index is -0.800. The van der Waals surface area contributed by atoms with Crippen LogP contribution in [0.4, 0.5) is 0 Å². The molecular weight excluding hydrogens is 276 g/mol. The largest absolute Gasteiger partial charge is 0.385 e. The Hall–Kier alpha value is -0.960. The van der Waals surface area contributed by atoms with Crippen molar-refractivity contribution in [3.05, 3.63) is 64.7 Å². The number of rotatable bonds is 1. The summed E-state index contributed by atoms with van der Waals surface area (Å²) in [6.45, 7) is 1.88. The molecule has 1 aliphatic heterocycles. The molecule has 2 aromatic carbocycles. The van der Waals surface area contributed by atoms with Crippen LogP contribution in [0.2, 0.25) is 5.02 Å². The van der Waals surface area contributed by atoms with Gasteiger partial charge in [-0.1, -0.05) is 48.0 Å². The molecule has 0 aliphatic carbocycles. The summed E-state index contributed by atoms with van der Waals surface area (Å²) >= 11 is 8.06. The van der Waals surface area contributed by atoms with Crippen LogP contribution in [-0.2, 0) is 5.60 Å². The van der Waals surface area contributed by atoms with Crippen molar-refractivity contribution in [3.63, 3.8) is 0 Å². The summed E-state index contributed by atoms with van der Waals surface area (Å²) in [4.78, 5) is 1.14. The lowest BCUT2D eigenvalue weighted by molar-refractivity contribution is 0.0422. The molecule has 0 bridgehead atoms. The van der Waals surface area contributed by atoms with Gasteiger partial charge in [-0.25, -0.2) is 0 Å². The Balaban J connectivity index is 2.04. The predicted molar refractivity (Wildman–Crippen MR) is 80.7 cm³/mol. The molecule has 0 saturated heterocycles. The van der Waals surface area contributed by atoms with E-state index in [1.165, 1.54) is 0 Å². The third kappa shape index (κ3) is 2.40. The van der Waals surface area contributed by atoms with Gasteiger partial charge in [0.25, 0.3) is 0 Å². The SMILES string of the molecule is C[C@@]1(O)C[C@H](c2ccccc2Cl)Sc2ccccc21. The molecule has 0 aromatic heterocycles. The van der Waals surface area contributed by atoms with Crippen molar-refractivity contribution in [1.82, 2.24) is 0 Å². The Morgan fingerprint density at radius 1 is 1.16 bits per heavy atom. The highest BCUT2D eigenvalue weighted by molar-refractivity contribution is 7.99. The zero-order valence-electron chi connectivity index (χ0n) is 10.6. The van der Waals surface area contributed by atoms with E-state index in [0.717, 1.165) is 21.0 Å². The molecule has 1 aliphatic rings. The van der Waals surface area contributed by atoms with Crippen LogP contribution in [0.3, 0.4) is 0 Å². The molecule has 0 spiro atoms. The van der Waals surface area contributed by atoms with E-state index in [-0.39, 0.29) is 5.25 Å². The van der Waals surface area contributed by atoms with Crippen LogP contribution in [0, 0.1) is 0 Å². The Morgan fingerprint density at radius 2 is 1.84 bits per heavy atom. The quantitative estimate of drug-likeness (QED) is 0.815. The maximum absolute atomic E-state index is 10.7. The fourth-order valence-electron chi connectivity index (χ4n) is 2.59. The van der Waals surface area contributed by atoms with Crippen LogP contribution >= 0.6 is 23.4 Å². The van der Waals surface area contributed by atoms with Crippen molar-refractivity contribution in [2.45, 2.75) is 29.1 Å². The van der Waals surface area contributed by atoms with Gasteiger partial charge in [0.2, 0.25) is 0 Å². The molecule has 3 heteroatoms. The highest BCUT2D eigenvalue weighted by Gasteiger charge is 2.36. The van der Waals surface area contributed by atoms with Gasteiger partial charge < -0.3 is 5.11 Å². The average molecular weight is 291 g/mol. The van der Waals surface area contributed by atoms with Crippen LogP contribution in [0.1, 0.15) is 29.7 Å². The lowest BCUT2D eigenvalue weighted by atomic mass is 9.88. The number of thioether (sulfide) groups is 1. The van der Waals surface area contributed by atoms with E-state index >= 15 is 0 Å². The van der Waals surface area contributed by atoms with Gasteiger partial charge in [0.1, 0.15) is 0 Å². The van der Waals surface area contributed by atoms with Crippen LogP contribution < -0.4 is 0 Å². The number of hydrogen-bond acceptors (Lipinski definition) is 2. The predicted octanol–water partition coefficient (Wildman–Crippen LogP) is 4.78. The fourth-order valence-corrected chi connectivity index (χ4v) is 4.54. The summed E-state index contributed by atoms with van der Waals surface area (Å²) in [7, 11) is 0. The van der Waals surface area contributed by atoms with Crippen molar-refractivity contribution in [1.29, 1.82) is 0 Å². The second-order valence-electron chi connectivity index (χ2n) is 5.10. The molecular formula is C16H15ClOS. The molecule has 0 fully saturated rings. The zero-order chi connectivity index (χ0) is 13.5. The molecule has 1 N–H and O–H groups in total. The fraction of sp³-hybridized carbons (Fsp3) is 0.250. The van der Waals surface area contributed by atoms with Gasteiger partial charge in [-0.05, 0) is 36.6 Å². The summed E-state index contributed by atoms with van der Waals surface area (Å²) in [5.74, 6) is 0. The third-order valence-corrected chi connectivity index (χ3v) is 5.23. The topological polar surface area (TPSA) is 20.2 Å². The molecule has 0 saturated carbocycles. The maximum atomic E-state index is 10.7. The number of aliphatic hydroxyl groups is 1. The average Bonchev–Trinajstić information content (AvgIpc) is 2.38. The zero-order valence-corrected chi connectivity index (χ0v) is 12.2. The molecule has 3 rings (SSSR count). The second-order valence-corrected chi connectivity index (χ2v) is 6.75. The lowest BCUT2D eigenvalue weighted by Crippen LogP contribution is -2.27. The Bertz CT molecular complexity index is 609. The van der Waals surface area contributed by atoms with E-state index in [2.05, 4.69) is 6.07 Å². The molecule has 2 atom stereocenters. The van der Waals surface area contributed by atoms with Crippen molar-refractivity contribution in [2.75, 3.05) is 0 Å². The third-order valence-electron chi connectivity index (χ3n) is 3.57. The van der Waals surface area contributed by atoms with Crippen molar-refractivity contribution in [2.24, 2.45) is 0 Å².